The molecule has 15 heavy (non-hydrogen) atoms. The Morgan fingerprint density at radius 2 is 1.87 bits per heavy atom. The maximum atomic E-state index is 11.3. The Balaban J connectivity index is 2.30. The van der Waals surface area contributed by atoms with Crippen LogP contribution in [0.15, 0.2) is 0 Å². The number of rotatable bonds is 4. The third-order valence-electron chi connectivity index (χ3n) is 2.86. The van der Waals surface area contributed by atoms with Crippen LogP contribution in [-0.2, 0) is 10.0 Å². The number of sulfonamides is 1. The van der Waals surface area contributed by atoms with Crippen molar-refractivity contribution in [3.63, 3.8) is 0 Å². The van der Waals surface area contributed by atoms with E-state index in [1.54, 1.807) is 4.31 Å². The average molecular weight is 234 g/mol. The molecule has 1 aliphatic rings. The highest BCUT2D eigenvalue weighted by Gasteiger charge is 2.24. The van der Waals surface area contributed by atoms with Crippen LogP contribution in [0.2, 0.25) is 0 Å². The Bertz CT molecular complexity index is 280. The van der Waals surface area contributed by atoms with Crippen molar-refractivity contribution in [1.29, 1.82) is 0 Å². The standard InChI is InChI=1S/C10H22N2O2S/c1-9(2)11-8-10-4-6-12(7-5-10)15(3,13)14/h9-11H,4-8H2,1-3H3. The molecule has 1 fully saturated rings. The molecule has 0 amide bonds. The fraction of sp³-hybridized carbons (Fsp3) is 1.00. The summed E-state index contributed by atoms with van der Waals surface area (Å²) in [6, 6.07) is 0.512. The Labute approximate surface area is 93.1 Å². The van der Waals surface area contributed by atoms with Crippen LogP contribution in [-0.4, -0.2) is 44.7 Å². The van der Waals surface area contributed by atoms with Crippen molar-refractivity contribution in [1.82, 2.24) is 9.62 Å². The summed E-state index contributed by atoms with van der Waals surface area (Å²) in [7, 11) is -2.97. The van der Waals surface area contributed by atoms with E-state index in [9.17, 15) is 8.42 Å². The monoisotopic (exact) mass is 234 g/mol. The molecule has 0 saturated carbocycles. The van der Waals surface area contributed by atoms with E-state index in [-0.39, 0.29) is 0 Å². The molecule has 5 heteroatoms. The third kappa shape index (κ3) is 4.49. The topological polar surface area (TPSA) is 49.4 Å². The van der Waals surface area contributed by atoms with E-state index in [1.165, 1.54) is 6.26 Å². The first-order valence-corrected chi connectivity index (χ1v) is 7.43. The Morgan fingerprint density at radius 3 is 2.27 bits per heavy atom. The first-order valence-electron chi connectivity index (χ1n) is 5.58. The molecule has 0 spiro atoms. The van der Waals surface area contributed by atoms with Crippen molar-refractivity contribution in [2.24, 2.45) is 5.92 Å². The highest BCUT2D eigenvalue weighted by atomic mass is 32.2. The highest BCUT2D eigenvalue weighted by molar-refractivity contribution is 7.88. The Morgan fingerprint density at radius 1 is 1.33 bits per heavy atom. The smallest absolute Gasteiger partial charge is 0.211 e. The van der Waals surface area contributed by atoms with Crippen LogP contribution >= 0.6 is 0 Å². The van der Waals surface area contributed by atoms with Gasteiger partial charge in [0, 0.05) is 19.1 Å². The average Bonchev–Trinajstić information content (AvgIpc) is 2.14. The van der Waals surface area contributed by atoms with E-state index in [0.717, 1.165) is 19.4 Å². The highest BCUT2D eigenvalue weighted by Crippen LogP contribution is 2.18. The largest absolute Gasteiger partial charge is 0.314 e. The van der Waals surface area contributed by atoms with Gasteiger partial charge in [0.05, 0.1) is 6.26 Å². The Hall–Kier alpha value is -0.130. The van der Waals surface area contributed by atoms with Crippen LogP contribution in [0.4, 0.5) is 0 Å². The van der Waals surface area contributed by atoms with Gasteiger partial charge in [-0.2, -0.15) is 0 Å². The molecule has 1 heterocycles. The van der Waals surface area contributed by atoms with Gasteiger partial charge in [-0.3, -0.25) is 0 Å². The second-order valence-corrected chi connectivity index (χ2v) is 6.65. The summed E-state index contributed by atoms with van der Waals surface area (Å²) >= 11 is 0. The predicted octanol–water partition coefficient (Wildman–Crippen LogP) is 0.656. The van der Waals surface area contributed by atoms with Gasteiger partial charge in [0.1, 0.15) is 0 Å². The predicted molar refractivity (Wildman–Crippen MR) is 62.3 cm³/mol. The van der Waals surface area contributed by atoms with Crippen molar-refractivity contribution < 1.29 is 8.42 Å². The molecule has 4 nitrogen and oxygen atoms in total. The second kappa shape index (κ2) is 5.27. The van der Waals surface area contributed by atoms with Gasteiger partial charge in [-0.1, -0.05) is 13.8 Å². The molecule has 1 saturated heterocycles. The molecule has 0 bridgehead atoms. The van der Waals surface area contributed by atoms with Gasteiger partial charge in [-0.25, -0.2) is 12.7 Å². The first-order chi connectivity index (χ1) is 6.89. The number of nitrogens with one attached hydrogen (secondary N) is 1. The van der Waals surface area contributed by atoms with E-state index in [1.807, 2.05) is 0 Å². The van der Waals surface area contributed by atoms with E-state index in [4.69, 9.17) is 0 Å². The van der Waals surface area contributed by atoms with Crippen LogP contribution in [0.1, 0.15) is 26.7 Å². The van der Waals surface area contributed by atoms with Crippen molar-refractivity contribution in [2.45, 2.75) is 32.7 Å². The van der Waals surface area contributed by atoms with E-state index in [0.29, 0.717) is 25.0 Å². The van der Waals surface area contributed by atoms with Crippen LogP contribution < -0.4 is 5.32 Å². The molecule has 0 atom stereocenters. The van der Waals surface area contributed by atoms with Crippen LogP contribution in [0.3, 0.4) is 0 Å². The lowest BCUT2D eigenvalue weighted by molar-refractivity contribution is 0.265. The molecule has 1 aliphatic heterocycles. The van der Waals surface area contributed by atoms with Gasteiger partial charge in [-0.15, -0.1) is 0 Å². The van der Waals surface area contributed by atoms with Gasteiger partial charge in [0.2, 0.25) is 10.0 Å². The summed E-state index contributed by atoms with van der Waals surface area (Å²) < 4.78 is 24.1. The fourth-order valence-electron chi connectivity index (χ4n) is 1.85. The molecule has 0 aromatic carbocycles. The van der Waals surface area contributed by atoms with Crippen molar-refractivity contribution in [3.8, 4) is 0 Å². The van der Waals surface area contributed by atoms with Gasteiger partial charge < -0.3 is 5.32 Å². The number of nitrogens with zero attached hydrogens (tertiary/aromatic N) is 1. The molecule has 0 radical (unpaired) electrons. The number of hydrogen-bond donors (Lipinski definition) is 1. The second-order valence-electron chi connectivity index (χ2n) is 4.67. The van der Waals surface area contributed by atoms with Crippen molar-refractivity contribution in [3.05, 3.63) is 0 Å². The zero-order chi connectivity index (χ0) is 11.5. The maximum Gasteiger partial charge on any atom is 0.211 e. The molecular formula is C10H22N2O2S. The van der Waals surface area contributed by atoms with Gasteiger partial charge in [-0.05, 0) is 25.3 Å². The lowest BCUT2D eigenvalue weighted by Crippen LogP contribution is -2.41. The minimum atomic E-state index is -2.97. The number of hydrogen-bond acceptors (Lipinski definition) is 3. The Kier molecular flexibility index (Phi) is 4.55. The zero-order valence-corrected chi connectivity index (χ0v) is 10.7. The van der Waals surface area contributed by atoms with E-state index < -0.39 is 10.0 Å². The fourth-order valence-corrected chi connectivity index (χ4v) is 2.72. The molecule has 0 aliphatic carbocycles. The normalized spacial score (nSPS) is 21.1. The van der Waals surface area contributed by atoms with Crippen LogP contribution in [0.5, 0.6) is 0 Å². The molecule has 90 valence electrons. The van der Waals surface area contributed by atoms with Crippen molar-refractivity contribution in [2.75, 3.05) is 25.9 Å². The maximum absolute atomic E-state index is 11.3. The molecule has 0 aromatic heterocycles. The van der Waals surface area contributed by atoms with E-state index >= 15 is 0 Å². The van der Waals surface area contributed by atoms with Crippen LogP contribution in [0.25, 0.3) is 0 Å². The lowest BCUT2D eigenvalue weighted by Gasteiger charge is -2.30. The minimum absolute atomic E-state index is 0.512. The number of piperidine rings is 1. The summed E-state index contributed by atoms with van der Waals surface area (Å²) in [6.07, 6.45) is 3.25. The molecule has 0 unspecified atom stereocenters. The van der Waals surface area contributed by atoms with Crippen molar-refractivity contribution >= 4 is 10.0 Å². The molecule has 0 aromatic rings. The first kappa shape index (κ1) is 12.9. The summed E-state index contributed by atoms with van der Waals surface area (Å²) in [5.74, 6) is 0.630. The summed E-state index contributed by atoms with van der Waals surface area (Å²) in [6.45, 7) is 6.64. The summed E-state index contributed by atoms with van der Waals surface area (Å²) in [5.41, 5.74) is 0. The summed E-state index contributed by atoms with van der Waals surface area (Å²) in [4.78, 5) is 0. The zero-order valence-electron chi connectivity index (χ0n) is 9.86. The van der Waals surface area contributed by atoms with Gasteiger partial charge >= 0.3 is 0 Å². The van der Waals surface area contributed by atoms with E-state index in [2.05, 4.69) is 19.2 Å². The molecule has 1 N–H and O–H groups in total. The molecular weight excluding hydrogens is 212 g/mol. The van der Waals surface area contributed by atoms with Gasteiger partial charge in [0.25, 0.3) is 0 Å². The lowest BCUT2D eigenvalue weighted by atomic mass is 9.98. The summed E-state index contributed by atoms with van der Waals surface area (Å²) in [5, 5.41) is 3.40. The quantitative estimate of drug-likeness (QED) is 0.777. The van der Waals surface area contributed by atoms with Crippen LogP contribution in [0, 0.1) is 5.92 Å². The minimum Gasteiger partial charge on any atom is -0.314 e. The van der Waals surface area contributed by atoms with Gasteiger partial charge in [0.15, 0.2) is 0 Å². The SMILES string of the molecule is CC(C)NCC1CCN(S(C)(=O)=O)CC1. The molecule has 1 rings (SSSR count). The third-order valence-corrected chi connectivity index (χ3v) is 4.16.